The third kappa shape index (κ3) is 3.78. The molecule has 2 heterocycles. The Morgan fingerprint density at radius 1 is 1.04 bits per heavy atom. The second kappa shape index (κ2) is 7.37. The minimum Gasteiger partial charge on any atom is -0.453 e. The molecule has 0 spiro atoms. The average Bonchev–Trinajstić information content (AvgIpc) is 3.09. The number of rotatable bonds is 6. The maximum Gasteiger partial charge on any atom is 0.198 e. The van der Waals surface area contributed by atoms with Crippen LogP contribution >= 0.6 is 0 Å². The lowest BCUT2D eigenvalue weighted by atomic mass is 10.1. The number of nitrogens with one attached hydrogen (secondary N) is 1. The smallest absolute Gasteiger partial charge is 0.198 e. The highest BCUT2D eigenvalue weighted by Crippen LogP contribution is 2.29. The predicted molar refractivity (Wildman–Crippen MR) is 111 cm³/mol. The molecule has 0 unspecified atom stereocenters. The third-order valence-electron chi connectivity index (χ3n) is 4.57. The Balaban J connectivity index is 1.73. The van der Waals surface area contributed by atoms with Crippen molar-refractivity contribution in [2.75, 3.05) is 32.5 Å². The number of benzene rings is 2. The summed E-state index contributed by atoms with van der Waals surface area (Å²) in [4.78, 5) is 11.7. The number of aryl methyl sites for hydroxylation is 1. The molecule has 0 aliphatic rings. The van der Waals surface area contributed by atoms with E-state index in [1.807, 2.05) is 36.4 Å². The molecule has 0 aliphatic carbocycles. The van der Waals surface area contributed by atoms with Gasteiger partial charge < -0.3 is 14.6 Å². The molecule has 0 aliphatic heterocycles. The molecule has 2 aromatic carbocycles. The van der Waals surface area contributed by atoms with Crippen molar-refractivity contribution in [3.05, 3.63) is 54.1 Å². The standard InChI is InChI=1S/C22H24N4O/c1-15-9-10-18-17(13-15)21(23-11-6-12-26(2)3)25-22(24-18)20-14-16-7-4-5-8-19(16)27-20/h4-5,7-10,13-14H,6,11-12H2,1-3H3,(H,23,24,25). The molecule has 5 heteroatoms. The molecule has 0 fully saturated rings. The molecule has 0 atom stereocenters. The molecule has 0 radical (unpaired) electrons. The van der Waals surface area contributed by atoms with Crippen molar-refractivity contribution in [2.45, 2.75) is 13.3 Å². The Morgan fingerprint density at radius 2 is 1.89 bits per heavy atom. The molecular formula is C22H24N4O. The molecule has 27 heavy (non-hydrogen) atoms. The lowest BCUT2D eigenvalue weighted by Crippen LogP contribution is -2.16. The summed E-state index contributed by atoms with van der Waals surface area (Å²) < 4.78 is 5.98. The van der Waals surface area contributed by atoms with Gasteiger partial charge >= 0.3 is 0 Å². The molecule has 2 aromatic heterocycles. The van der Waals surface area contributed by atoms with E-state index in [1.165, 1.54) is 5.56 Å². The van der Waals surface area contributed by atoms with Gasteiger partial charge in [-0.2, -0.15) is 0 Å². The summed E-state index contributed by atoms with van der Waals surface area (Å²) in [6.45, 7) is 3.98. The van der Waals surface area contributed by atoms with Crippen LogP contribution in [-0.2, 0) is 0 Å². The Hall–Kier alpha value is -2.92. The summed E-state index contributed by atoms with van der Waals surface area (Å²) in [7, 11) is 4.17. The first-order valence-electron chi connectivity index (χ1n) is 9.26. The van der Waals surface area contributed by atoms with E-state index in [9.17, 15) is 0 Å². The van der Waals surface area contributed by atoms with Crippen LogP contribution in [0.25, 0.3) is 33.5 Å². The van der Waals surface area contributed by atoms with Gasteiger partial charge in [-0.3, -0.25) is 0 Å². The lowest BCUT2D eigenvalue weighted by molar-refractivity contribution is 0.405. The first-order valence-corrected chi connectivity index (χ1v) is 9.26. The van der Waals surface area contributed by atoms with Gasteiger partial charge in [0.1, 0.15) is 11.4 Å². The van der Waals surface area contributed by atoms with Crippen LogP contribution in [0.5, 0.6) is 0 Å². The Labute approximate surface area is 159 Å². The fourth-order valence-electron chi connectivity index (χ4n) is 3.18. The molecule has 0 saturated carbocycles. The van der Waals surface area contributed by atoms with E-state index >= 15 is 0 Å². The molecule has 138 valence electrons. The van der Waals surface area contributed by atoms with Gasteiger partial charge in [0.05, 0.1) is 5.52 Å². The van der Waals surface area contributed by atoms with Crippen LogP contribution in [-0.4, -0.2) is 42.1 Å². The van der Waals surface area contributed by atoms with E-state index in [1.54, 1.807) is 0 Å². The zero-order chi connectivity index (χ0) is 18.8. The van der Waals surface area contributed by atoms with E-state index in [-0.39, 0.29) is 0 Å². The van der Waals surface area contributed by atoms with Gasteiger partial charge in [-0.05, 0) is 58.3 Å². The highest BCUT2D eigenvalue weighted by atomic mass is 16.3. The number of anilines is 1. The lowest BCUT2D eigenvalue weighted by Gasteiger charge is -2.12. The van der Waals surface area contributed by atoms with E-state index in [4.69, 9.17) is 14.4 Å². The van der Waals surface area contributed by atoms with Gasteiger partial charge in [-0.15, -0.1) is 0 Å². The molecule has 4 rings (SSSR count). The fraction of sp³-hybridized carbons (Fsp3) is 0.273. The van der Waals surface area contributed by atoms with Gasteiger partial charge in [0.25, 0.3) is 0 Å². The average molecular weight is 360 g/mol. The monoisotopic (exact) mass is 360 g/mol. The first kappa shape index (κ1) is 17.5. The van der Waals surface area contributed by atoms with E-state index in [0.29, 0.717) is 11.6 Å². The predicted octanol–water partition coefficient (Wildman–Crippen LogP) is 4.72. The highest BCUT2D eigenvalue weighted by Gasteiger charge is 2.13. The van der Waals surface area contributed by atoms with Crippen molar-refractivity contribution in [1.29, 1.82) is 0 Å². The van der Waals surface area contributed by atoms with Crippen molar-refractivity contribution in [1.82, 2.24) is 14.9 Å². The number of aromatic nitrogens is 2. The van der Waals surface area contributed by atoms with Crippen LogP contribution in [0.15, 0.2) is 52.9 Å². The van der Waals surface area contributed by atoms with Crippen LogP contribution in [0.4, 0.5) is 5.82 Å². The van der Waals surface area contributed by atoms with Gasteiger partial charge in [0, 0.05) is 17.3 Å². The molecule has 0 amide bonds. The number of hydrogen-bond donors (Lipinski definition) is 1. The second-order valence-corrected chi connectivity index (χ2v) is 7.15. The Kier molecular flexibility index (Phi) is 4.77. The summed E-state index contributed by atoms with van der Waals surface area (Å²) in [6.07, 6.45) is 1.05. The quantitative estimate of drug-likeness (QED) is 0.505. The topological polar surface area (TPSA) is 54.2 Å². The molecule has 1 N–H and O–H groups in total. The summed E-state index contributed by atoms with van der Waals surface area (Å²) in [5.74, 6) is 2.16. The molecule has 5 nitrogen and oxygen atoms in total. The number of para-hydroxylation sites is 1. The third-order valence-corrected chi connectivity index (χ3v) is 4.57. The van der Waals surface area contributed by atoms with E-state index in [0.717, 1.165) is 47.2 Å². The molecule has 4 aromatic rings. The van der Waals surface area contributed by atoms with Gasteiger partial charge in [0.2, 0.25) is 0 Å². The van der Waals surface area contributed by atoms with Crippen LogP contribution in [0.2, 0.25) is 0 Å². The maximum atomic E-state index is 5.98. The van der Waals surface area contributed by atoms with Gasteiger partial charge in [-0.1, -0.05) is 29.8 Å². The minimum atomic E-state index is 0.609. The Morgan fingerprint density at radius 3 is 2.70 bits per heavy atom. The van der Waals surface area contributed by atoms with Crippen LogP contribution in [0.3, 0.4) is 0 Å². The second-order valence-electron chi connectivity index (χ2n) is 7.15. The number of fused-ring (bicyclic) bond motifs is 2. The van der Waals surface area contributed by atoms with Crippen LogP contribution in [0.1, 0.15) is 12.0 Å². The molecular weight excluding hydrogens is 336 g/mol. The summed E-state index contributed by atoms with van der Waals surface area (Å²) >= 11 is 0. The van der Waals surface area contributed by atoms with Crippen molar-refractivity contribution in [3.63, 3.8) is 0 Å². The number of furan rings is 1. The van der Waals surface area contributed by atoms with Crippen molar-refractivity contribution >= 4 is 27.7 Å². The van der Waals surface area contributed by atoms with Gasteiger partial charge in [0.15, 0.2) is 11.6 Å². The van der Waals surface area contributed by atoms with Gasteiger partial charge in [-0.25, -0.2) is 9.97 Å². The zero-order valence-electron chi connectivity index (χ0n) is 16.0. The molecule has 0 bridgehead atoms. The fourth-order valence-corrected chi connectivity index (χ4v) is 3.18. The SMILES string of the molecule is Cc1ccc2nc(-c3cc4ccccc4o3)nc(NCCCN(C)C)c2c1. The van der Waals surface area contributed by atoms with E-state index in [2.05, 4.69) is 43.4 Å². The maximum absolute atomic E-state index is 5.98. The summed E-state index contributed by atoms with van der Waals surface area (Å²) in [5, 5.41) is 5.59. The largest absolute Gasteiger partial charge is 0.453 e. The Bertz CT molecular complexity index is 1050. The van der Waals surface area contributed by atoms with Crippen LogP contribution < -0.4 is 5.32 Å². The highest BCUT2D eigenvalue weighted by molar-refractivity contribution is 5.91. The van der Waals surface area contributed by atoms with Crippen molar-refractivity contribution in [3.8, 4) is 11.6 Å². The number of hydrogen-bond acceptors (Lipinski definition) is 5. The summed E-state index contributed by atoms with van der Waals surface area (Å²) in [6, 6.07) is 16.2. The summed E-state index contributed by atoms with van der Waals surface area (Å²) in [5.41, 5.74) is 2.96. The zero-order valence-corrected chi connectivity index (χ0v) is 16.0. The minimum absolute atomic E-state index is 0.609. The van der Waals surface area contributed by atoms with Crippen molar-refractivity contribution < 1.29 is 4.42 Å². The number of nitrogens with zero attached hydrogens (tertiary/aromatic N) is 3. The first-order chi connectivity index (χ1) is 13.1. The normalized spacial score (nSPS) is 11.6. The van der Waals surface area contributed by atoms with Crippen molar-refractivity contribution in [2.24, 2.45) is 0 Å². The molecule has 0 saturated heterocycles. The van der Waals surface area contributed by atoms with E-state index < -0.39 is 0 Å². The van der Waals surface area contributed by atoms with Crippen LogP contribution in [0, 0.1) is 6.92 Å².